The highest BCUT2D eigenvalue weighted by molar-refractivity contribution is 5.65. The summed E-state index contributed by atoms with van der Waals surface area (Å²) in [5.41, 5.74) is 7.43. The molecule has 0 unspecified atom stereocenters. The molecule has 10 heavy (non-hydrogen) atoms. The molecular formula is C10H8. The maximum absolute atomic E-state index is 2.40. The highest BCUT2D eigenvalue weighted by Gasteiger charge is 2.55. The Morgan fingerprint density at radius 3 is 2.00 bits per heavy atom. The average Bonchev–Trinajstić information content (AvgIpc) is 1.83. The maximum atomic E-state index is 2.40. The van der Waals surface area contributed by atoms with Crippen LogP contribution in [0.15, 0.2) is 12.1 Å². The molecule has 0 saturated carbocycles. The van der Waals surface area contributed by atoms with Gasteiger partial charge in [0.1, 0.15) is 0 Å². The zero-order valence-electron chi connectivity index (χ0n) is 5.78. The summed E-state index contributed by atoms with van der Waals surface area (Å²) in [4.78, 5) is 0. The van der Waals surface area contributed by atoms with Crippen molar-refractivity contribution in [1.29, 1.82) is 0 Å². The lowest BCUT2D eigenvalue weighted by atomic mass is 9.45. The first-order chi connectivity index (χ1) is 4.87. The van der Waals surface area contributed by atoms with Crippen molar-refractivity contribution in [3.05, 3.63) is 34.4 Å². The molecule has 0 nitrogen and oxygen atoms in total. The van der Waals surface area contributed by atoms with Gasteiger partial charge in [-0.2, -0.15) is 0 Å². The van der Waals surface area contributed by atoms with Crippen LogP contribution in [0.4, 0.5) is 0 Å². The molecule has 0 saturated heterocycles. The largest absolute Gasteiger partial charge is 0.0554 e. The Balaban J connectivity index is 2.37. The van der Waals surface area contributed by atoms with E-state index < -0.39 is 0 Å². The van der Waals surface area contributed by atoms with Gasteiger partial charge in [0.25, 0.3) is 0 Å². The van der Waals surface area contributed by atoms with E-state index in [4.69, 9.17) is 0 Å². The van der Waals surface area contributed by atoms with Crippen molar-refractivity contribution in [2.45, 2.75) is 24.7 Å². The lowest BCUT2D eigenvalue weighted by molar-refractivity contribution is 0.285. The zero-order valence-corrected chi connectivity index (χ0v) is 5.78. The molecule has 0 aromatic heterocycles. The van der Waals surface area contributed by atoms with Gasteiger partial charge in [-0.25, -0.2) is 0 Å². The first-order valence-electron chi connectivity index (χ1n) is 4.03. The highest BCUT2D eigenvalue weighted by Crippen LogP contribution is 2.59. The van der Waals surface area contributed by atoms with Crippen LogP contribution < -0.4 is 0 Å². The average molecular weight is 128 g/mol. The summed E-state index contributed by atoms with van der Waals surface area (Å²) in [6.45, 7) is 0. The van der Waals surface area contributed by atoms with E-state index in [9.17, 15) is 0 Å². The standard InChI is InChI=1S/C10H8/c1-6-2-8-5-10(3-6)4-7(1)9(8)10/h1-2H,3-5H2. The molecule has 6 aliphatic rings. The summed E-state index contributed by atoms with van der Waals surface area (Å²) in [6.07, 6.45) is 4.18. The first-order valence-corrected chi connectivity index (χ1v) is 4.03. The molecule has 0 heterocycles. The first kappa shape index (κ1) is 4.17. The summed E-state index contributed by atoms with van der Waals surface area (Å²) in [6, 6.07) is 4.81. The summed E-state index contributed by atoms with van der Waals surface area (Å²) in [5, 5.41) is 0. The van der Waals surface area contributed by atoms with Gasteiger partial charge in [-0.05, 0) is 41.5 Å². The van der Waals surface area contributed by atoms with Crippen molar-refractivity contribution in [3.63, 3.8) is 0 Å². The van der Waals surface area contributed by atoms with Crippen LogP contribution >= 0.6 is 0 Å². The van der Waals surface area contributed by atoms with E-state index in [1.807, 2.05) is 0 Å². The van der Waals surface area contributed by atoms with Gasteiger partial charge in [0, 0.05) is 5.41 Å². The Hall–Kier alpha value is -0.780. The van der Waals surface area contributed by atoms with Crippen molar-refractivity contribution in [3.8, 4) is 0 Å². The fourth-order valence-corrected chi connectivity index (χ4v) is 3.26. The maximum Gasteiger partial charge on any atom is 0.00796 e. The Labute approximate surface area is 59.9 Å². The van der Waals surface area contributed by atoms with E-state index in [1.54, 1.807) is 22.3 Å². The Bertz CT molecular complexity index is 333. The van der Waals surface area contributed by atoms with Gasteiger partial charge in [-0.1, -0.05) is 12.1 Å². The van der Waals surface area contributed by atoms with E-state index in [0.717, 1.165) is 5.41 Å². The van der Waals surface area contributed by atoms with Crippen LogP contribution in [0.2, 0.25) is 0 Å². The quantitative estimate of drug-likeness (QED) is 0.497. The van der Waals surface area contributed by atoms with E-state index in [-0.39, 0.29) is 0 Å². The second-order valence-corrected chi connectivity index (χ2v) is 4.10. The molecule has 0 fully saturated rings. The van der Waals surface area contributed by atoms with Crippen LogP contribution in [0.3, 0.4) is 0 Å². The molecule has 0 atom stereocenters. The Morgan fingerprint density at radius 2 is 1.70 bits per heavy atom. The summed E-state index contributed by atoms with van der Waals surface area (Å²) >= 11 is 0. The Morgan fingerprint density at radius 1 is 1.00 bits per heavy atom. The second kappa shape index (κ2) is 0.868. The molecule has 0 amide bonds. The van der Waals surface area contributed by atoms with Crippen molar-refractivity contribution < 1.29 is 0 Å². The minimum atomic E-state index is 0.726. The van der Waals surface area contributed by atoms with Crippen LogP contribution in [0.1, 0.15) is 22.3 Å². The topological polar surface area (TPSA) is 0 Å². The molecule has 1 aromatic carbocycles. The second-order valence-electron chi connectivity index (χ2n) is 4.10. The number of hydrogen-bond acceptors (Lipinski definition) is 0. The third kappa shape index (κ3) is 0.213. The predicted octanol–water partition coefficient (Wildman–Crippen LogP) is 1.59. The minimum absolute atomic E-state index is 0.726. The number of rotatable bonds is 0. The van der Waals surface area contributed by atoms with Crippen LogP contribution in [0.5, 0.6) is 0 Å². The summed E-state index contributed by atoms with van der Waals surface area (Å²) in [5.74, 6) is 0. The van der Waals surface area contributed by atoms with E-state index in [2.05, 4.69) is 12.1 Å². The van der Waals surface area contributed by atoms with E-state index in [0.29, 0.717) is 0 Å². The van der Waals surface area contributed by atoms with E-state index >= 15 is 0 Å². The van der Waals surface area contributed by atoms with Crippen molar-refractivity contribution in [2.75, 3.05) is 0 Å². The molecule has 48 valence electrons. The fraction of sp³-hybridized carbons (Fsp3) is 0.400. The molecule has 6 aliphatic carbocycles. The third-order valence-electron chi connectivity index (χ3n) is 3.49. The van der Waals surface area contributed by atoms with Crippen LogP contribution in [-0.4, -0.2) is 0 Å². The molecule has 0 aliphatic heterocycles. The molecule has 5 bridgehead atoms. The van der Waals surface area contributed by atoms with Gasteiger partial charge in [-0.15, -0.1) is 0 Å². The Kier molecular flexibility index (Phi) is 0.362. The molecule has 0 radical (unpaired) electrons. The van der Waals surface area contributed by atoms with Crippen LogP contribution in [-0.2, 0) is 24.7 Å². The minimum Gasteiger partial charge on any atom is -0.0554 e. The zero-order chi connectivity index (χ0) is 6.34. The van der Waals surface area contributed by atoms with E-state index in [1.165, 1.54) is 19.3 Å². The van der Waals surface area contributed by atoms with Crippen molar-refractivity contribution >= 4 is 0 Å². The van der Waals surface area contributed by atoms with Gasteiger partial charge in [0.05, 0.1) is 0 Å². The monoisotopic (exact) mass is 128 g/mol. The normalized spacial score (nSPS) is 25.6. The number of benzene rings is 1. The molecule has 1 aromatic rings. The highest BCUT2D eigenvalue weighted by atomic mass is 14.6. The molecule has 7 rings (SSSR count). The smallest absolute Gasteiger partial charge is 0.00796 e. The van der Waals surface area contributed by atoms with Gasteiger partial charge in [-0.3, -0.25) is 0 Å². The van der Waals surface area contributed by atoms with Gasteiger partial charge >= 0.3 is 0 Å². The molecular weight excluding hydrogens is 120 g/mol. The molecule has 0 N–H and O–H groups in total. The van der Waals surface area contributed by atoms with Gasteiger partial charge in [0.15, 0.2) is 0 Å². The fourth-order valence-electron chi connectivity index (χ4n) is 3.26. The number of hydrogen-bond donors (Lipinski definition) is 0. The lowest BCUT2D eigenvalue weighted by Crippen LogP contribution is -2.55. The lowest BCUT2D eigenvalue weighted by Gasteiger charge is -2.58. The summed E-state index contributed by atoms with van der Waals surface area (Å²) < 4.78 is 0. The predicted molar refractivity (Wildman–Crippen MR) is 39.2 cm³/mol. The molecule has 1 spiro atoms. The van der Waals surface area contributed by atoms with Crippen LogP contribution in [0.25, 0.3) is 0 Å². The van der Waals surface area contributed by atoms with Gasteiger partial charge in [0.2, 0.25) is 0 Å². The summed E-state index contributed by atoms with van der Waals surface area (Å²) in [7, 11) is 0. The van der Waals surface area contributed by atoms with Crippen molar-refractivity contribution in [2.24, 2.45) is 0 Å². The third-order valence-corrected chi connectivity index (χ3v) is 3.49. The molecule has 0 heteroatoms. The SMILES string of the molecule is c1c2cc3c4c1CC4(C2)C3. The van der Waals surface area contributed by atoms with Gasteiger partial charge < -0.3 is 0 Å². The van der Waals surface area contributed by atoms with Crippen molar-refractivity contribution in [1.82, 2.24) is 0 Å². The van der Waals surface area contributed by atoms with Crippen LogP contribution in [0, 0.1) is 0 Å².